The number of ether oxygens (including phenoxy) is 1. The van der Waals surface area contributed by atoms with Crippen LogP contribution >= 0.6 is 11.8 Å². The van der Waals surface area contributed by atoms with Gasteiger partial charge in [0.25, 0.3) is 5.22 Å². The summed E-state index contributed by atoms with van der Waals surface area (Å²) in [5.41, 5.74) is 0.755. The van der Waals surface area contributed by atoms with E-state index >= 15 is 0 Å². The number of halogens is 1. The van der Waals surface area contributed by atoms with Crippen LogP contribution in [-0.4, -0.2) is 28.0 Å². The highest BCUT2D eigenvalue weighted by Gasteiger charge is 2.29. The molecule has 0 N–H and O–H groups in total. The zero-order chi connectivity index (χ0) is 13.9. The summed E-state index contributed by atoms with van der Waals surface area (Å²) in [5.74, 6) is -0.158. The Kier molecular flexibility index (Phi) is 3.68. The number of carbonyl (C=O) groups excluding carboxylic acids is 1. The zero-order valence-electron chi connectivity index (χ0n) is 10.4. The fraction of sp³-hybridized carbons (Fsp3) is 0.308. The fourth-order valence-corrected chi connectivity index (χ4v) is 2.74. The van der Waals surface area contributed by atoms with Gasteiger partial charge in [0.15, 0.2) is 0 Å². The summed E-state index contributed by atoms with van der Waals surface area (Å²) in [6, 6.07) is 6.22. The lowest BCUT2D eigenvalue weighted by Gasteiger charge is -1.99. The first kappa shape index (κ1) is 13.1. The van der Waals surface area contributed by atoms with E-state index in [2.05, 4.69) is 10.2 Å². The highest BCUT2D eigenvalue weighted by Crippen LogP contribution is 2.28. The first-order valence-corrected chi connectivity index (χ1v) is 6.99. The van der Waals surface area contributed by atoms with Crippen molar-refractivity contribution in [2.45, 2.75) is 23.3 Å². The van der Waals surface area contributed by atoms with Gasteiger partial charge in [-0.3, -0.25) is 4.79 Å². The van der Waals surface area contributed by atoms with Crippen molar-refractivity contribution in [2.75, 3.05) is 6.61 Å². The van der Waals surface area contributed by atoms with Crippen LogP contribution in [0.4, 0.5) is 4.39 Å². The third-order valence-electron chi connectivity index (χ3n) is 2.82. The van der Waals surface area contributed by atoms with E-state index in [4.69, 9.17) is 9.15 Å². The predicted octanol–water partition coefficient (Wildman–Crippen LogP) is 2.21. The van der Waals surface area contributed by atoms with Crippen molar-refractivity contribution in [1.29, 1.82) is 0 Å². The van der Waals surface area contributed by atoms with Crippen molar-refractivity contribution in [3.63, 3.8) is 0 Å². The Bertz CT molecular complexity index is 632. The Balaban J connectivity index is 1.66. The molecule has 2 heterocycles. The molecule has 0 aliphatic carbocycles. The average molecular weight is 294 g/mol. The van der Waals surface area contributed by atoms with Gasteiger partial charge in [-0.2, -0.15) is 0 Å². The molecule has 1 atom stereocenters. The van der Waals surface area contributed by atoms with Gasteiger partial charge >= 0.3 is 5.97 Å². The molecule has 0 radical (unpaired) electrons. The van der Waals surface area contributed by atoms with Crippen LogP contribution < -0.4 is 0 Å². The first-order chi connectivity index (χ1) is 9.70. The van der Waals surface area contributed by atoms with Gasteiger partial charge in [0.1, 0.15) is 11.1 Å². The molecule has 1 aromatic carbocycles. The predicted molar refractivity (Wildman–Crippen MR) is 68.7 cm³/mol. The minimum atomic E-state index is -0.301. The standard InChI is InChI=1S/C13H11FN2O3S/c14-9-3-1-2-8(6-9)7-11-15-16-13(19-11)20-10-4-5-18-12(10)17/h1-3,6,10H,4-5,7H2/t10-/m1/s1. The fourth-order valence-electron chi connectivity index (χ4n) is 1.88. The summed E-state index contributed by atoms with van der Waals surface area (Å²) < 4.78 is 23.4. The van der Waals surface area contributed by atoms with Crippen molar-refractivity contribution in [3.8, 4) is 0 Å². The number of hydrogen-bond donors (Lipinski definition) is 0. The van der Waals surface area contributed by atoms with E-state index in [-0.39, 0.29) is 17.0 Å². The number of nitrogens with zero attached hydrogens (tertiary/aromatic N) is 2. The lowest BCUT2D eigenvalue weighted by Crippen LogP contribution is -2.09. The molecule has 1 fully saturated rings. The lowest BCUT2D eigenvalue weighted by atomic mass is 10.1. The van der Waals surface area contributed by atoms with Crippen LogP contribution in [-0.2, 0) is 16.0 Å². The number of hydrogen-bond acceptors (Lipinski definition) is 6. The van der Waals surface area contributed by atoms with Crippen LogP contribution in [0, 0.1) is 5.82 Å². The van der Waals surface area contributed by atoms with Gasteiger partial charge in [-0.15, -0.1) is 10.2 Å². The van der Waals surface area contributed by atoms with Gasteiger partial charge in [0.2, 0.25) is 5.89 Å². The van der Waals surface area contributed by atoms with E-state index in [1.165, 1.54) is 23.9 Å². The van der Waals surface area contributed by atoms with Crippen LogP contribution in [0.1, 0.15) is 17.9 Å². The molecule has 7 heteroatoms. The van der Waals surface area contributed by atoms with Gasteiger partial charge in [-0.1, -0.05) is 12.1 Å². The third kappa shape index (κ3) is 2.98. The second-order valence-corrected chi connectivity index (χ2v) is 5.49. The molecule has 0 bridgehead atoms. The maximum atomic E-state index is 13.1. The van der Waals surface area contributed by atoms with Gasteiger partial charge < -0.3 is 9.15 Å². The molecule has 1 aliphatic heterocycles. The van der Waals surface area contributed by atoms with Gasteiger partial charge in [-0.25, -0.2) is 4.39 Å². The van der Waals surface area contributed by atoms with Gasteiger partial charge in [-0.05, 0) is 29.5 Å². The van der Waals surface area contributed by atoms with E-state index in [9.17, 15) is 9.18 Å². The summed E-state index contributed by atoms with van der Waals surface area (Å²) >= 11 is 1.20. The number of thioether (sulfide) groups is 1. The monoisotopic (exact) mass is 294 g/mol. The van der Waals surface area contributed by atoms with Crippen molar-refractivity contribution in [1.82, 2.24) is 10.2 Å². The molecule has 0 amide bonds. The second kappa shape index (κ2) is 5.62. The number of benzene rings is 1. The topological polar surface area (TPSA) is 65.2 Å². The third-order valence-corrected chi connectivity index (χ3v) is 3.90. The summed E-state index contributed by atoms with van der Waals surface area (Å²) in [6.07, 6.45) is 1.01. The lowest BCUT2D eigenvalue weighted by molar-refractivity contribution is -0.137. The molecule has 3 rings (SSSR count). The van der Waals surface area contributed by atoms with Gasteiger partial charge in [0.05, 0.1) is 13.0 Å². The Morgan fingerprint density at radius 2 is 2.30 bits per heavy atom. The highest BCUT2D eigenvalue weighted by atomic mass is 32.2. The van der Waals surface area contributed by atoms with Crippen molar-refractivity contribution in [2.24, 2.45) is 0 Å². The minimum Gasteiger partial charge on any atom is -0.465 e. The Morgan fingerprint density at radius 3 is 3.05 bits per heavy atom. The molecular weight excluding hydrogens is 283 g/mol. The van der Waals surface area contributed by atoms with E-state index in [0.717, 1.165) is 5.56 Å². The summed E-state index contributed by atoms with van der Waals surface area (Å²) in [6.45, 7) is 0.431. The average Bonchev–Trinajstić information content (AvgIpc) is 3.01. The molecule has 1 aromatic heterocycles. The number of cyclic esters (lactones) is 1. The number of aromatic nitrogens is 2. The maximum absolute atomic E-state index is 13.1. The Hall–Kier alpha value is -1.89. The molecule has 5 nitrogen and oxygen atoms in total. The Morgan fingerprint density at radius 1 is 1.40 bits per heavy atom. The molecule has 1 aliphatic rings. The smallest absolute Gasteiger partial charge is 0.319 e. The zero-order valence-corrected chi connectivity index (χ0v) is 11.2. The van der Waals surface area contributed by atoms with E-state index in [1.54, 1.807) is 12.1 Å². The van der Waals surface area contributed by atoms with Crippen LogP contribution in [0.15, 0.2) is 33.9 Å². The van der Waals surface area contributed by atoms with E-state index in [1.807, 2.05) is 0 Å². The first-order valence-electron chi connectivity index (χ1n) is 6.11. The molecule has 104 valence electrons. The molecule has 0 unspecified atom stereocenters. The van der Waals surface area contributed by atoms with E-state index in [0.29, 0.717) is 30.6 Å². The van der Waals surface area contributed by atoms with Crippen molar-refractivity contribution in [3.05, 3.63) is 41.5 Å². The summed E-state index contributed by atoms with van der Waals surface area (Å²) in [7, 11) is 0. The van der Waals surface area contributed by atoms with Crippen LogP contribution in [0.5, 0.6) is 0 Å². The summed E-state index contributed by atoms with van der Waals surface area (Å²) in [5, 5.41) is 7.83. The second-order valence-electron chi connectivity index (χ2n) is 4.33. The molecule has 1 saturated heterocycles. The molecular formula is C13H11FN2O3S. The van der Waals surface area contributed by atoms with Crippen LogP contribution in [0.3, 0.4) is 0 Å². The Labute approximate surface area is 118 Å². The van der Waals surface area contributed by atoms with Crippen LogP contribution in [0.2, 0.25) is 0 Å². The van der Waals surface area contributed by atoms with Crippen molar-refractivity contribution < 1.29 is 18.3 Å². The molecule has 0 saturated carbocycles. The largest absolute Gasteiger partial charge is 0.465 e. The molecule has 20 heavy (non-hydrogen) atoms. The number of carbonyl (C=O) groups is 1. The minimum absolute atomic E-state index is 0.250. The van der Waals surface area contributed by atoms with Crippen molar-refractivity contribution >= 4 is 17.7 Å². The SMILES string of the molecule is O=C1OCC[C@H]1Sc1nnc(Cc2cccc(F)c2)o1. The maximum Gasteiger partial charge on any atom is 0.319 e. The normalized spacial score (nSPS) is 18.2. The van der Waals surface area contributed by atoms with Gasteiger partial charge in [0, 0.05) is 6.42 Å². The quantitative estimate of drug-likeness (QED) is 0.805. The molecule has 2 aromatic rings. The number of esters is 1. The molecule has 0 spiro atoms. The van der Waals surface area contributed by atoms with E-state index < -0.39 is 0 Å². The number of rotatable bonds is 4. The highest BCUT2D eigenvalue weighted by molar-refractivity contribution is 8.00. The summed E-state index contributed by atoms with van der Waals surface area (Å²) in [4.78, 5) is 11.3. The van der Waals surface area contributed by atoms with Crippen LogP contribution in [0.25, 0.3) is 0 Å².